The second-order valence-electron chi connectivity index (χ2n) is 6.97. The number of benzene rings is 1. The van der Waals surface area contributed by atoms with Crippen molar-refractivity contribution in [2.24, 2.45) is 4.99 Å². The van der Waals surface area contributed by atoms with Crippen LogP contribution in [0, 0.1) is 11.3 Å². The molecule has 2 N–H and O–H groups in total. The molecule has 1 aliphatic heterocycles. The largest absolute Gasteiger partial charge is 0.357 e. The van der Waals surface area contributed by atoms with Crippen molar-refractivity contribution in [2.75, 3.05) is 39.3 Å². The van der Waals surface area contributed by atoms with Gasteiger partial charge < -0.3 is 15.5 Å². The number of piperazine rings is 1. The lowest BCUT2D eigenvalue weighted by Crippen LogP contribution is -2.54. The van der Waals surface area contributed by atoms with Crippen molar-refractivity contribution >= 4 is 11.9 Å². The SMILES string of the molecule is CCNC(=NCc1cccc(C#N)c1)N1CCN(CC(=O)NC(C)C)CC1. The fourth-order valence-electron chi connectivity index (χ4n) is 3.02. The van der Waals surface area contributed by atoms with Gasteiger partial charge in [0.1, 0.15) is 0 Å². The first-order valence-corrected chi connectivity index (χ1v) is 9.55. The van der Waals surface area contributed by atoms with E-state index in [1.807, 2.05) is 32.0 Å². The van der Waals surface area contributed by atoms with E-state index in [0.717, 1.165) is 44.2 Å². The number of guanidine groups is 1. The van der Waals surface area contributed by atoms with Crippen LogP contribution in [-0.4, -0.2) is 67.0 Å². The summed E-state index contributed by atoms with van der Waals surface area (Å²) in [5.74, 6) is 0.961. The Morgan fingerprint density at radius 3 is 2.67 bits per heavy atom. The Kier molecular flexibility index (Phi) is 8.08. The zero-order valence-corrected chi connectivity index (χ0v) is 16.5. The van der Waals surface area contributed by atoms with Crippen molar-refractivity contribution in [3.63, 3.8) is 0 Å². The van der Waals surface area contributed by atoms with Crippen LogP contribution in [-0.2, 0) is 11.3 Å². The van der Waals surface area contributed by atoms with Gasteiger partial charge >= 0.3 is 0 Å². The molecule has 0 radical (unpaired) electrons. The summed E-state index contributed by atoms with van der Waals surface area (Å²) in [7, 11) is 0. The quantitative estimate of drug-likeness (QED) is 0.580. The van der Waals surface area contributed by atoms with Gasteiger partial charge in [-0.2, -0.15) is 5.26 Å². The molecule has 27 heavy (non-hydrogen) atoms. The molecule has 1 amide bonds. The second-order valence-corrected chi connectivity index (χ2v) is 6.97. The molecule has 0 atom stereocenters. The predicted octanol–water partition coefficient (Wildman–Crippen LogP) is 1.17. The Hall–Kier alpha value is -2.59. The summed E-state index contributed by atoms with van der Waals surface area (Å²) in [6, 6.07) is 9.88. The van der Waals surface area contributed by atoms with E-state index in [1.54, 1.807) is 6.07 Å². The first-order valence-electron chi connectivity index (χ1n) is 9.55. The Morgan fingerprint density at radius 1 is 1.30 bits per heavy atom. The molecule has 1 aromatic carbocycles. The maximum atomic E-state index is 11.9. The summed E-state index contributed by atoms with van der Waals surface area (Å²) in [5, 5.41) is 15.3. The van der Waals surface area contributed by atoms with Gasteiger partial charge in [0.05, 0.1) is 24.7 Å². The third-order valence-electron chi connectivity index (χ3n) is 4.29. The molecular weight excluding hydrogens is 340 g/mol. The van der Waals surface area contributed by atoms with Gasteiger partial charge in [-0.3, -0.25) is 9.69 Å². The van der Waals surface area contributed by atoms with E-state index in [0.29, 0.717) is 18.7 Å². The molecule has 0 spiro atoms. The lowest BCUT2D eigenvalue weighted by atomic mass is 10.1. The normalized spacial score (nSPS) is 15.5. The second kappa shape index (κ2) is 10.5. The molecule has 7 heteroatoms. The maximum Gasteiger partial charge on any atom is 0.234 e. The van der Waals surface area contributed by atoms with Gasteiger partial charge in [-0.1, -0.05) is 12.1 Å². The summed E-state index contributed by atoms with van der Waals surface area (Å²) in [5.41, 5.74) is 1.68. The molecule has 7 nitrogen and oxygen atoms in total. The Bertz CT molecular complexity index is 686. The van der Waals surface area contributed by atoms with E-state index in [2.05, 4.69) is 33.4 Å². The predicted molar refractivity (Wildman–Crippen MR) is 107 cm³/mol. The molecule has 2 rings (SSSR count). The fourth-order valence-corrected chi connectivity index (χ4v) is 3.02. The number of aliphatic imine (C=N–C) groups is 1. The van der Waals surface area contributed by atoms with Crippen LogP contribution in [0.25, 0.3) is 0 Å². The highest BCUT2D eigenvalue weighted by Crippen LogP contribution is 2.07. The molecule has 0 bridgehead atoms. The zero-order valence-electron chi connectivity index (χ0n) is 16.5. The third-order valence-corrected chi connectivity index (χ3v) is 4.29. The first kappa shape index (κ1) is 20.7. The van der Waals surface area contributed by atoms with Crippen LogP contribution < -0.4 is 10.6 Å². The number of amides is 1. The Morgan fingerprint density at radius 2 is 2.04 bits per heavy atom. The minimum atomic E-state index is 0.0800. The number of nitrogens with zero attached hydrogens (tertiary/aromatic N) is 4. The average molecular weight is 371 g/mol. The van der Waals surface area contributed by atoms with Crippen molar-refractivity contribution in [3.05, 3.63) is 35.4 Å². The molecule has 1 aromatic rings. The zero-order chi connectivity index (χ0) is 19.6. The molecule has 0 aromatic heterocycles. The van der Waals surface area contributed by atoms with Crippen LogP contribution in [0.3, 0.4) is 0 Å². The summed E-state index contributed by atoms with van der Waals surface area (Å²) in [4.78, 5) is 21.1. The average Bonchev–Trinajstić information content (AvgIpc) is 2.65. The fraction of sp³-hybridized carbons (Fsp3) is 0.550. The third kappa shape index (κ3) is 6.91. The number of rotatable bonds is 6. The lowest BCUT2D eigenvalue weighted by Gasteiger charge is -2.36. The lowest BCUT2D eigenvalue weighted by molar-refractivity contribution is -0.123. The van der Waals surface area contributed by atoms with E-state index < -0.39 is 0 Å². The molecule has 1 saturated heterocycles. The van der Waals surface area contributed by atoms with Crippen molar-refractivity contribution in [2.45, 2.75) is 33.4 Å². The van der Waals surface area contributed by atoms with Crippen LogP contribution in [0.5, 0.6) is 0 Å². The van der Waals surface area contributed by atoms with Gasteiger partial charge in [0.25, 0.3) is 0 Å². The molecule has 1 aliphatic rings. The van der Waals surface area contributed by atoms with Crippen molar-refractivity contribution < 1.29 is 4.79 Å². The molecule has 146 valence electrons. The number of carbonyl (C=O) groups excluding carboxylic acids is 1. The van der Waals surface area contributed by atoms with Crippen molar-refractivity contribution in [1.82, 2.24) is 20.4 Å². The van der Waals surface area contributed by atoms with Gasteiger partial charge in [0, 0.05) is 38.8 Å². The number of nitriles is 1. The smallest absolute Gasteiger partial charge is 0.234 e. The first-order chi connectivity index (χ1) is 13.0. The van der Waals surface area contributed by atoms with Crippen molar-refractivity contribution in [1.29, 1.82) is 5.26 Å². The number of hydrogen-bond donors (Lipinski definition) is 2. The monoisotopic (exact) mass is 370 g/mol. The number of carbonyl (C=O) groups is 1. The highest BCUT2D eigenvalue weighted by Gasteiger charge is 2.21. The van der Waals surface area contributed by atoms with Crippen LogP contribution in [0.15, 0.2) is 29.3 Å². The molecule has 0 saturated carbocycles. The molecule has 0 unspecified atom stereocenters. The number of nitrogens with one attached hydrogen (secondary N) is 2. The molecular formula is C20H30N6O. The number of hydrogen-bond acceptors (Lipinski definition) is 4. The highest BCUT2D eigenvalue weighted by atomic mass is 16.2. The van der Waals surface area contributed by atoms with Gasteiger partial charge in [-0.05, 0) is 38.5 Å². The van der Waals surface area contributed by atoms with E-state index >= 15 is 0 Å². The molecule has 1 fully saturated rings. The van der Waals surface area contributed by atoms with E-state index in [4.69, 9.17) is 10.3 Å². The van der Waals surface area contributed by atoms with Gasteiger partial charge in [0.2, 0.25) is 5.91 Å². The van der Waals surface area contributed by atoms with E-state index in [9.17, 15) is 4.79 Å². The summed E-state index contributed by atoms with van der Waals surface area (Å²) < 4.78 is 0. The summed E-state index contributed by atoms with van der Waals surface area (Å²) in [6.07, 6.45) is 0. The highest BCUT2D eigenvalue weighted by molar-refractivity contribution is 5.80. The minimum absolute atomic E-state index is 0.0800. The summed E-state index contributed by atoms with van der Waals surface area (Å²) in [6.45, 7) is 11.1. The standard InChI is InChI=1S/C20H30N6O/c1-4-22-20(23-14-18-7-5-6-17(12-18)13-21)26-10-8-25(9-11-26)15-19(27)24-16(2)3/h5-7,12,16H,4,8-11,14-15H2,1-3H3,(H,22,23)(H,24,27). The Balaban J connectivity index is 1.91. The molecule has 0 aliphatic carbocycles. The van der Waals surface area contributed by atoms with Gasteiger partial charge in [-0.15, -0.1) is 0 Å². The maximum absolute atomic E-state index is 11.9. The van der Waals surface area contributed by atoms with Crippen LogP contribution in [0.4, 0.5) is 0 Å². The minimum Gasteiger partial charge on any atom is -0.357 e. The van der Waals surface area contributed by atoms with E-state index in [-0.39, 0.29) is 11.9 Å². The Labute approximate surface area is 162 Å². The summed E-state index contributed by atoms with van der Waals surface area (Å²) >= 11 is 0. The van der Waals surface area contributed by atoms with E-state index in [1.165, 1.54) is 0 Å². The molecule has 1 heterocycles. The van der Waals surface area contributed by atoms with Crippen molar-refractivity contribution in [3.8, 4) is 6.07 Å². The topological polar surface area (TPSA) is 83.8 Å². The van der Waals surface area contributed by atoms with Crippen LogP contribution in [0.1, 0.15) is 31.9 Å². The van der Waals surface area contributed by atoms with Gasteiger partial charge in [0.15, 0.2) is 5.96 Å². The van der Waals surface area contributed by atoms with Gasteiger partial charge in [-0.25, -0.2) is 4.99 Å². The van der Waals surface area contributed by atoms with Crippen LogP contribution >= 0.6 is 0 Å². The van der Waals surface area contributed by atoms with Crippen LogP contribution in [0.2, 0.25) is 0 Å².